The van der Waals surface area contributed by atoms with Crippen LogP contribution in [-0.4, -0.2) is 27.7 Å². The van der Waals surface area contributed by atoms with Crippen molar-refractivity contribution < 1.29 is 4.74 Å². The minimum Gasteiger partial charge on any atom is -0.497 e. The van der Waals surface area contributed by atoms with E-state index in [0.717, 1.165) is 28.5 Å². The summed E-state index contributed by atoms with van der Waals surface area (Å²) in [4.78, 5) is 4.74. The molecule has 0 saturated heterocycles. The molecule has 1 N–H and O–H groups in total. The summed E-state index contributed by atoms with van der Waals surface area (Å²) in [7, 11) is 1.68. The number of anilines is 1. The molecule has 5 nitrogen and oxygen atoms in total. The maximum absolute atomic E-state index is 5.34. The van der Waals surface area contributed by atoms with Crippen molar-refractivity contribution in [1.82, 2.24) is 14.6 Å². The minimum atomic E-state index is 0.520. The van der Waals surface area contributed by atoms with E-state index in [2.05, 4.69) is 22.5 Å². The van der Waals surface area contributed by atoms with E-state index in [1.807, 2.05) is 28.8 Å². The summed E-state index contributed by atoms with van der Waals surface area (Å²) in [5.41, 5.74) is 2.83. The standard InChI is InChI=1S/C19H22N4O/c1-24-16-9-5-6-14(12-16)17-13-19(21-15-7-3-2-4-8-15)23-18(22-17)10-11-20-23/h5-6,9-13,15,21H,2-4,7-8H2,1H3. The van der Waals surface area contributed by atoms with E-state index in [4.69, 9.17) is 9.72 Å². The number of ether oxygens (including phenoxy) is 1. The highest BCUT2D eigenvalue weighted by Gasteiger charge is 2.16. The number of hydrogen-bond donors (Lipinski definition) is 1. The summed E-state index contributed by atoms with van der Waals surface area (Å²) in [5.74, 6) is 1.85. The maximum atomic E-state index is 5.34. The average Bonchev–Trinajstić information content (AvgIpc) is 3.11. The fourth-order valence-electron chi connectivity index (χ4n) is 3.40. The third-order valence-corrected chi connectivity index (χ3v) is 4.68. The van der Waals surface area contributed by atoms with Crippen molar-refractivity contribution >= 4 is 11.5 Å². The van der Waals surface area contributed by atoms with Crippen molar-refractivity contribution in [2.45, 2.75) is 38.1 Å². The molecule has 0 unspecified atom stereocenters. The number of benzene rings is 1. The first-order valence-electron chi connectivity index (χ1n) is 8.59. The second-order valence-electron chi connectivity index (χ2n) is 6.34. The number of aromatic nitrogens is 3. The van der Waals surface area contributed by atoms with Crippen LogP contribution in [0.25, 0.3) is 16.9 Å². The molecule has 5 heteroatoms. The van der Waals surface area contributed by atoms with Gasteiger partial charge < -0.3 is 10.1 Å². The number of rotatable bonds is 4. The van der Waals surface area contributed by atoms with E-state index in [1.165, 1.54) is 32.1 Å². The van der Waals surface area contributed by atoms with Crippen molar-refractivity contribution in [2.24, 2.45) is 0 Å². The minimum absolute atomic E-state index is 0.520. The number of fused-ring (bicyclic) bond motifs is 1. The van der Waals surface area contributed by atoms with Gasteiger partial charge in [0.05, 0.1) is 19.0 Å². The molecule has 0 atom stereocenters. The fourth-order valence-corrected chi connectivity index (χ4v) is 3.40. The van der Waals surface area contributed by atoms with E-state index in [1.54, 1.807) is 13.3 Å². The maximum Gasteiger partial charge on any atom is 0.157 e. The summed E-state index contributed by atoms with van der Waals surface area (Å²) in [6.07, 6.45) is 8.19. The highest BCUT2D eigenvalue weighted by Crippen LogP contribution is 2.27. The topological polar surface area (TPSA) is 51.5 Å². The van der Waals surface area contributed by atoms with Crippen molar-refractivity contribution in [3.05, 3.63) is 42.6 Å². The van der Waals surface area contributed by atoms with Crippen molar-refractivity contribution in [3.63, 3.8) is 0 Å². The average molecular weight is 322 g/mol. The largest absolute Gasteiger partial charge is 0.497 e. The third-order valence-electron chi connectivity index (χ3n) is 4.68. The predicted molar refractivity (Wildman–Crippen MR) is 95.5 cm³/mol. The van der Waals surface area contributed by atoms with E-state index >= 15 is 0 Å². The Morgan fingerprint density at radius 2 is 2.00 bits per heavy atom. The molecule has 1 fully saturated rings. The van der Waals surface area contributed by atoms with Crippen molar-refractivity contribution in [3.8, 4) is 17.0 Å². The summed E-state index contributed by atoms with van der Waals surface area (Å²) >= 11 is 0. The molecule has 1 aliphatic carbocycles. The smallest absolute Gasteiger partial charge is 0.157 e. The normalized spacial score (nSPS) is 15.5. The first-order chi connectivity index (χ1) is 11.8. The SMILES string of the molecule is COc1cccc(-c2cc(NC3CCCCC3)n3nccc3n2)c1. The van der Waals surface area contributed by atoms with E-state index in [9.17, 15) is 0 Å². The second kappa shape index (κ2) is 6.51. The molecule has 124 valence electrons. The van der Waals surface area contributed by atoms with Crippen LogP contribution in [0.3, 0.4) is 0 Å². The highest BCUT2D eigenvalue weighted by molar-refractivity contribution is 5.67. The molecule has 0 bridgehead atoms. The summed E-state index contributed by atoms with van der Waals surface area (Å²) in [5, 5.41) is 8.10. The van der Waals surface area contributed by atoms with E-state index in [0.29, 0.717) is 6.04 Å². The summed E-state index contributed by atoms with van der Waals surface area (Å²) < 4.78 is 7.23. The zero-order valence-electron chi connectivity index (χ0n) is 13.9. The lowest BCUT2D eigenvalue weighted by atomic mass is 9.95. The second-order valence-corrected chi connectivity index (χ2v) is 6.34. The lowest BCUT2D eigenvalue weighted by molar-refractivity contribution is 0.415. The molecule has 1 aromatic carbocycles. The zero-order valence-corrected chi connectivity index (χ0v) is 13.9. The van der Waals surface area contributed by atoms with Gasteiger partial charge in [0, 0.05) is 23.7 Å². The van der Waals surface area contributed by atoms with Gasteiger partial charge in [-0.25, -0.2) is 4.98 Å². The summed E-state index contributed by atoms with van der Waals surface area (Å²) in [6, 6.07) is 12.6. The van der Waals surface area contributed by atoms with Crippen LogP contribution >= 0.6 is 0 Å². The van der Waals surface area contributed by atoms with Crippen LogP contribution in [0.4, 0.5) is 5.82 Å². The Morgan fingerprint density at radius 1 is 1.12 bits per heavy atom. The van der Waals surface area contributed by atoms with Crippen molar-refractivity contribution in [1.29, 1.82) is 0 Å². The van der Waals surface area contributed by atoms with Gasteiger partial charge in [-0.15, -0.1) is 0 Å². The van der Waals surface area contributed by atoms with Gasteiger partial charge in [0.2, 0.25) is 0 Å². The third kappa shape index (κ3) is 2.94. The monoisotopic (exact) mass is 322 g/mol. The Balaban J connectivity index is 1.73. The van der Waals surface area contributed by atoms with Gasteiger partial charge in [-0.05, 0) is 25.0 Å². The quantitative estimate of drug-likeness (QED) is 0.784. The molecule has 2 aromatic heterocycles. The van der Waals surface area contributed by atoms with Gasteiger partial charge in [0.15, 0.2) is 5.65 Å². The predicted octanol–water partition coefficient (Wildman–Crippen LogP) is 4.15. The van der Waals surface area contributed by atoms with Gasteiger partial charge in [-0.2, -0.15) is 9.61 Å². The Hall–Kier alpha value is -2.56. The van der Waals surface area contributed by atoms with Gasteiger partial charge in [0.25, 0.3) is 0 Å². The lowest BCUT2D eigenvalue weighted by Crippen LogP contribution is -2.23. The first-order valence-corrected chi connectivity index (χ1v) is 8.59. The van der Waals surface area contributed by atoms with Crippen LogP contribution in [0, 0.1) is 0 Å². The molecule has 0 amide bonds. The number of methoxy groups -OCH3 is 1. The van der Waals surface area contributed by atoms with Crippen molar-refractivity contribution in [2.75, 3.05) is 12.4 Å². The molecular weight excluding hydrogens is 300 g/mol. The Kier molecular flexibility index (Phi) is 4.07. The van der Waals surface area contributed by atoms with Crippen LogP contribution in [0.5, 0.6) is 5.75 Å². The van der Waals surface area contributed by atoms with Crippen LogP contribution in [0.15, 0.2) is 42.6 Å². The number of nitrogens with one attached hydrogen (secondary N) is 1. The van der Waals surface area contributed by atoms with Gasteiger partial charge in [-0.3, -0.25) is 0 Å². The van der Waals surface area contributed by atoms with Crippen LogP contribution < -0.4 is 10.1 Å². The molecule has 0 aliphatic heterocycles. The molecule has 1 saturated carbocycles. The molecule has 3 aromatic rings. The molecule has 2 heterocycles. The molecule has 0 spiro atoms. The molecule has 4 rings (SSSR count). The first kappa shape index (κ1) is 15.0. The summed E-state index contributed by atoms with van der Waals surface area (Å²) in [6.45, 7) is 0. The lowest BCUT2D eigenvalue weighted by Gasteiger charge is -2.24. The Bertz CT molecular complexity index is 836. The number of hydrogen-bond acceptors (Lipinski definition) is 4. The van der Waals surface area contributed by atoms with Crippen LogP contribution in [-0.2, 0) is 0 Å². The van der Waals surface area contributed by atoms with Gasteiger partial charge in [-0.1, -0.05) is 31.4 Å². The molecule has 0 radical (unpaired) electrons. The van der Waals surface area contributed by atoms with Gasteiger partial charge in [0.1, 0.15) is 11.6 Å². The van der Waals surface area contributed by atoms with Gasteiger partial charge >= 0.3 is 0 Å². The fraction of sp³-hybridized carbons (Fsp3) is 0.368. The van der Waals surface area contributed by atoms with E-state index in [-0.39, 0.29) is 0 Å². The Morgan fingerprint density at radius 3 is 2.83 bits per heavy atom. The molecule has 24 heavy (non-hydrogen) atoms. The Labute approximate surface area is 141 Å². The molecular formula is C19H22N4O. The van der Waals surface area contributed by atoms with E-state index < -0.39 is 0 Å². The zero-order chi connectivity index (χ0) is 16.4. The molecule has 1 aliphatic rings. The number of nitrogens with zero attached hydrogens (tertiary/aromatic N) is 3. The van der Waals surface area contributed by atoms with Crippen LogP contribution in [0.1, 0.15) is 32.1 Å². The van der Waals surface area contributed by atoms with Crippen LogP contribution in [0.2, 0.25) is 0 Å². The highest BCUT2D eigenvalue weighted by atomic mass is 16.5.